The molecule has 0 radical (unpaired) electrons. The van der Waals surface area contributed by atoms with Gasteiger partial charge in [-0.05, 0) is 39.2 Å². The van der Waals surface area contributed by atoms with Crippen LogP contribution in [-0.4, -0.2) is 10.9 Å². The van der Waals surface area contributed by atoms with Gasteiger partial charge < -0.3 is 5.11 Å². The molecule has 1 aliphatic carbocycles. The molecule has 0 spiro atoms. The van der Waals surface area contributed by atoms with E-state index in [1.165, 1.54) is 5.57 Å². The van der Waals surface area contributed by atoms with Crippen LogP contribution in [-0.2, 0) is 4.79 Å². The lowest BCUT2D eigenvalue weighted by molar-refractivity contribution is -0.127. The third-order valence-electron chi connectivity index (χ3n) is 2.98. The van der Waals surface area contributed by atoms with E-state index in [0.717, 1.165) is 19.3 Å². The maximum Gasteiger partial charge on any atom is 0.202 e. The predicted molar refractivity (Wildman–Crippen MR) is 57.1 cm³/mol. The van der Waals surface area contributed by atoms with Crippen molar-refractivity contribution in [1.82, 2.24) is 0 Å². The average Bonchev–Trinajstić information content (AvgIpc) is 2.14. The molecule has 1 N–H and O–H groups in total. The Balaban J connectivity index is 2.85. The molecule has 0 fully saturated rings. The third kappa shape index (κ3) is 2.06. The first-order valence-corrected chi connectivity index (χ1v) is 5.05. The van der Waals surface area contributed by atoms with Gasteiger partial charge in [0.1, 0.15) is 0 Å². The molecule has 1 atom stereocenters. The van der Waals surface area contributed by atoms with Gasteiger partial charge in [-0.3, -0.25) is 4.79 Å². The molecular weight excluding hydrogens is 176 g/mol. The van der Waals surface area contributed by atoms with Gasteiger partial charge in [-0.15, -0.1) is 0 Å². The predicted octanol–water partition coefficient (Wildman–Crippen LogP) is 3.15. The second-order valence-corrected chi connectivity index (χ2v) is 4.33. The number of Topliss-reactive ketones (excluding diaryl/α,β-unsaturated/α-hetero) is 1. The number of rotatable bonds is 2. The van der Waals surface area contributed by atoms with Gasteiger partial charge in [-0.2, -0.15) is 0 Å². The summed E-state index contributed by atoms with van der Waals surface area (Å²) in [4.78, 5) is 11.8. The third-order valence-corrected chi connectivity index (χ3v) is 2.98. The summed E-state index contributed by atoms with van der Waals surface area (Å²) in [5.41, 5.74) is 0.811. The highest BCUT2D eigenvalue weighted by Gasteiger charge is 2.37. The monoisotopic (exact) mass is 194 g/mol. The minimum absolute atomic E-state index is 0.0531. The van der Waals surface area contributed by atoms with E-state index in [1.807, 2.05) is 26.8 Å². The summed E-state index contributed by atoms with van der Waals surface area (Å²) in [5.74, 6) is -0.160. The lowest BCUT2D eigenvalue weighted by Crippen LogP contribution is -2.32. The lowest BCUT2D eigenvalue weighted by atomic mass is 9.73. The zero-order valence-corrected chi connectivity index (χ0v) is 9.13. The average molecular weight is 194 g/mol. The molecule has 14 heavy (non-hydrogen) atoms. The van der Waals surface area contributed by atoms with Gasteiger partial charge >= 0.3 is 0 Å². The first-order chi connectivity index (χ1) is 6.49. The smallest absolute Gasteiger partial charge is 0.202 e. The minimum Gasteiger partial charge on any atom is -0.505 e. The van der Waals surface area contributed by atoms with Crippen molar-refractivity contribution in [3.8, 4) is 0 Å². The standard InChI is InChI=1S/C12H18O2/c1-4-9(2)8-12(3)7-5-6-10(13)11(12)14/h4,6,13H,5,7-8H2,1-3H3/b9-4+/t12-/m1/s1. The van der Waals surface area contributed by atoms with E-state index in [2.05, 4.69) is 0 Å². The number of ketones is 1. The van der Waals surface area contributed by atoms with Crippen LogP contribution in [0.1, 0.15) is 40.0 Å². The van der Waals surface area contributed by atoms with Crippen LogP contribution in [0, 0.1) is 5.41 Å². The molecule has 0 saturated heterocycles. The highest BCUT2D eigenvalue weighted by Crippen LogP contribution is 2.37. The Morgan fingerprint density at radius 3 is 2.93 bits per heavy atom. The number of hydrogen-bond acceptors (Lipinski definition) is 2. The minimum atomic E-state index is -0.393. The molecule has 0 aromatic rings. The Labute approximate surface area is 85.3 Å². The van der Waals surface area contributed by atoms with Gasteiger partial charge in [0.05, 0.1) is 0 Å². The van der Waals surface area contributed by atoms with E-state index in [4.69, 9.17) is 0 Å². The van der Waals surface area contributed by atoms with E-state index in [1.54, 1.807) is 6.08 Å². The summed E-state index contributed by atoms with van der Waals surface area (Å²) in [6, 6.07) is 0. The molecule has 1 rings (SSSR count). The summed E-state index contributed by atoms with van der Waals surface area (Å²) >= 11 is 0. The fourth-order valence-corrected chi connectivity index (χ4v) is 1.93. The molecule has 0 unspecified atom stereocenters. The Bertz CT molecular complexity index is 299. The summed E-state index contributed by atoms with van der Waals surface area (Å²) in [6.45, 7) is 5.93. The fourth-order valence-electron chi connectivity index (χ4n) is 1.93. The fraction of sp³-hybridized carbons (Fsp3) is 0.583. The zero-order valence-electron chi connectivity index (χ0n) is 9.13. The number of aliphatic hydroxyl groups is 1. The van der Waals surface area contributed by atoms with E-state index in [9.17, 15) is 9.90 Å². The van der Waals surface area contributed by atoms with Gasteiger partial charge in [0.15, 0.2) is 5.76 Å². The molecule has 78 valence electrons. The van der Waals surface area contributed by atoms with E-state index >= 15 is 0 Å². The maximum absolute atomic E-state index is 11.8. The quantitative estimate of drug-likeness (QED) is 0.685. The van der Waals surface area contributed by atoms with Crippen LogP contribution in [0.15, 0.2) is 23.5 Å². The van der Waals surface area contributed by atoms with Crippen molar-refractivity contribution in [3.63, 3.8) is 0 Å². The van der Waals surface area contributed by atoms with Crippen molar-refractivity contribution in [3.05, 3.63) is 23.5 Å². The van der Waals surface area contributed by atoms with Crippen molar-refractivity contribution < 1.29 is 9.90 Å². The largest absolute Gasteiger partial charge is 0.505 e. The van der Waals surface area contributed by atoms with Gasteiger partial charge in [-0.25, -0.2) is 0 Å². The molecule has 2 nitrogen and oxygen atoms in total. The van der Waals surface area contributed by atoms with Crippen LogP contribution < -0.4 is 0 Å². The van der Waals surface area contributed by atoms with Gasteiger partial charge in [0.2, 0.25) is 5.78 Å². The Morgan fingerprint density at radius 1 is 1.71 bits per heavy atom. The van der Waals surface area contributed by atoms with Gasteiger partial charge in [-0.1, -0.05) is 18.6 Å². The number of carbonyl (C=O) groups is 1. The highest BCUT2D eigenvalue weighted by molar-refractivity contribution is 5.98. The van der Waals surface area contributed by atoms with Crippen LogP contribution >= 0.6 is 0 Å². The number of aliphatic hydroxyl groups excluding tert-OH is 1. The van der Waals surface area contributed by atoms with Gasteiger partial charge in [0, 0.05) is 5.41 Å². The second-order valence-electron chi connectivity index (χ2n) is 4.33. The lowest BCUT2D eigenvalue weighted by Gasteiger charge is -2.30. The highest BCUT2D eigenvalue weighted by atomic mass is 16.3. The van der Waals surface area contributed by atoms with E-state index in [-0.39, 0.29) is 11.5 Å². The zero-order chi connectivity index (χ0) is 10.8. The Kier molecular flexibility index (Phi) is 3.14. The van der Waals surface area contributed by atoms with Crippen molar-refractivity contribution in [2.24, 2.45) is 5.41 Å². The van der Waals surface area contributed by atoms with Crippen LogP contribution in [0.4, 0.5) is 0 Å². The molecule has 0 bridgehead atoms. The van der Waals surface area contributed by atoms with Crippen molar-refractivity contribution in [1.29, 1.82) is 0 Å². The molecular formula is C12H18O2. The van der Waals surface area contributed by atoms with Crippen molar-refractivity contribution >= 4 is 5.78 Å². The second kappa shape index (κ2) is 3.99. The SMILES string of the molecule is C/C=C(\C)C[C@@]1(C)CCC=C(O)C1=O. The molecule has 0 aromatic carbocycles. The normalized spacial score (nSPS) is 28.9. The Hall–Kier alpha value is -1.05. The van der Waals surface area contributed by atoms with Crippen LogP contribution in [0.3, 0.4) is 0 Å². The number of carbonyl (C=O) groups excluding carboxylic acids is 1. The summed E-state index contributed by atoms with van der Waals surface area (Å²) in [6.07, 6.45) is 6.02. The van der Waals surface area contributed by atoms with Crippen molar-refractivity contribution in [2.45, 2.75) is 40.0 Å². The maximum atomic E-state index is 11.8. The van der Waals surface area contributed by atoms with E-state index < -0.39 is 5.41 Å². The molecule has 0 aliphatic heterocycles. The number of hydrogen-bond donors (Lipinski definition) is 1. The first-order valence-electron chi connectivity index (χ1n) is 5.05. The molecule has 0 aromatic heterocycles. The molecule has 0 heterocycles. The van der Waals surface area contributed by atoms with Crippen molar-refractivity contribution in [2.75, 3.05) is 0 Å². The first kappa shape index (κ1) is 11.0. The van der Waals surface area contributed by atoms with E-state index in [0.29, 0.717) is 0 Å². The summed E-state index contributed by atoms with van der Waals surface area (Å²) in [5, 5.41) is 9.39. The number of allylic oxidation sites excluding steroid dienone is 4. The Morgan fingerprint density at radius 2 is 2.36 bits per heavy atom. The molecule has 0 saturated carbocycles. The molecule has 1 aliphatic rings. The van der Waals surface area contributed by atoms with Crippen LogP contribution in [0.2, 0.25) is 0 Å². The van der Waals surface area contributed by atoms with Gasteiger partial charge in [0.25, 0.3) is 0 Å². The topological polar surface area (TPSA) is 37.3 Å². The summed E-state index contributed by atoms with van der Waals surface area (Å²) < 4.78 is 0. The summed E-state index contributed by atoms with van der Waals surface area (Å²) in [7, 11) is 0. The van der Waals surface area contributed by atoms with Crippen LogP contribution in [0.5, 0.6) is 0 Å². The molecule has 2 heteroatoms. The van der Waals surface area contributed by atoms with Crippen LogP contribution in [0.25, 0.3) is 0 Å². The molecule has 0 amide bonds.